The van der Waals surface area contributed by atoms with Crippen LogP contribution >= 0.6 is 0 Å². The molecule has 0 aromatic heterocycles. The minimum absolute atomic E-state index is 0.00694. The van der Waals surface area contributed by atoms with Crippen LogP contribution in [0.25, 0.3) is 0 Å². The fraction of sp³-hybridized carbons (Fsp3) is 0.644. The number of carbonyl (C=O) groups is 19. The molecule has 0 radical (unpaired) electrons. The van der Waals surface area contributed by atoms with E-state index in [0.29, 0.717) is 5.56 Å². The van der Waals surface area contributed by atoms with Crippen LogP contribution in [0.4, 0.5) is 0 Å². The maximum Gasteiger partial charge on any atom is 0.303 e. The highest BCUT2D eigenvalue weighted by Crippen LogP contribution is 2.36. The zero-order valence-electron chi connectivity index (χ0n) is 68.9. The quantitative estimate of drug-likeness (QED) is 0.00947. The number of aromatic hydroxyl groups is 1. The molecule has 1 aromatic rings. The van der Waals surface area contributed by atoms with Crippen molar-refractivity contribution in [2.45, 2.75) is 250 Å². The molecule has 2 fully saturated rings. The molecule has 0 spiro atoms. The number of benzene rings is 1. The van der Waals surface area contributed by atoms with Gasteiger partial charge >= 0.3 is 41.8 Å². The molecule has 21 atom stereocenters. The zero-order valence-corrected chi connectivity index (χ0v) is 68.9. The normalized spacial score (nSPS) is 21.2. The molecule has 3 rings (SSSR count). The topological polar surface area (TPSA) is 743 Å². The minimum atomic E-state index is -2.26. The third-order valence-corrected chi connectivity index (χ3v) is 18.2. The second kappa shape index (κ2) is 50.8. The molecule has 2 aliphatic heterocycles. The van der Waals surface area contributed by atoms with Gasteiger partial charge in [-0.15, -0.1) is 0 Å². The molecule has 676 valence electrons. The fourth-order valence-electron chi connectivity index (χ4n) is 11.8. The highest BCUT2D eigenvalue weighted by molar-refractivity contribution is 5.99. The summed E-state index contributed by atoms with van der Waals surface area (Å²) in [7, 11) is 0. The van der Waals surface area contributed by atoms with E-state index in [1.165, 1.54) is 45.0 Å². The van der Waals surface area contributed by atoms with Gasteiger partial charge in [-0.2, -0.15) is 0 Å². The Morgan fingerprint density at radius 3 is 1.40 bits per heavy atom. The number of rotatable bonds is 49. The van der Waals surface area contributed by atoms with Crippen LogP contribution < -0.4 is 82.3 Å². The predicted molar refractivity (Wildman–Crippen MR) is 410 cm³/mol. The number of esters is 7. The third kappa shape index (κ3) is 35.8. The van der Waals surface area contributed by atoms with Gasteiger partial charge in [0.25, 0.3) is 0 Å². The lowest BCUT2D eigenvalue weighted by Gasteiger charge is -2.48. The molecular formula is C73H112N16O32. The highest BCUT2D eigenvalue weighted by atomic mass is 16.8. The molecule has 48 heteroatoms. The number of hydrogen-bond acceptors (Lipinski definition) is 34. The lowest BCUT2D eigenvalue weighted by molar-refractivity contribution is -0.361. The molecular weight excluding hydrogens is 1610 g/mol. The van der Waals surface area contributed by atoms with E-state index in [-0.39, 0.29) is 50.4 Å². The van der Waals surface area contributed by atoms with Crippen LogP contribution in [0.1, 0.15) is 134 Å². The molecule has 1 aromatic carbocycles. The standard InChI is InChI=1S/C73H112N16O32/c1-13-31(3)54(88-53(101)26-81-64(104)45(84-63(103)33(5)74)24-41-17-19-42(98)20-18-41)69(109)87-48(68(108)83-44(21-22-51(75)99)65(105)89-55(32(4)14-2)70(110)85-46(25-52(76)100)66(106)86-47(27-90)67(107)82-43(62(77)102)16-15-23-80-73(78)79)28-113-71-60(117-39(11)96)59(116-38(10)95)57(50(119-71)30-112-35(7)92)121-72-61(118-40(12)97)58(115-37(9)94)56(114-36(8)93)49(120-72)29-111-34(6)91/h17-20,31-33,43-50,54-61,71-72,90,98H,13-16,21-30,74H2,1-12H3,(H2,75,99)(H2,76,100)(H2,77,102)(H,81,104)(H,82,107)(H,83,108)(H,84,103)(H,85,110)(H,86,106)(H,87,109)(H,88,101)(H,89,105)(H4,78,79,80)/t31-,32-,33-,43-,44-,45-,46-,47-,48-,49+,50+,54-,55-,56-,57-,58-,59-,60+,61+,71+,72+/m0/s1. The van der Waals surface area contributed by atoms with E-state index in [9.17, 15) is 91.7 Å². The number of carbonyl (C=O) groups excluding carboxylic acids is 19. The summed E-state index contributed by atoms with van der Waals surface area (Å²) in [6, 6.07) is -10.0. The Labute approximate surface area is 694 Å². The average molecular weight is 1730 g/mol. The lowest BCUT2D eigenvalue weighted by Crippen LogP contribution is -2.67. The van der Waals surface area contributed by atoms with Crippen molar-refractivity contribution in [2.75, 3.05) is 39.5 Å². The number of hydrogen-bond donors (Lipinski definition) is 17. The van der Waals surface area contributed by atoms with Gasteiger partial charge in [-0.25, -0.2) is 0 Å². The summed E-state index contributed by atoms with van der Waals surface area (Å²) in [5.74, 6) is -23.7. The van der Waals surface area contributed by atoms with E-state index < -0.39 is 293 Å². The fourth-order valence-corrected chi connectivity index (χ4v) is 11.8. The number of primary amides is 3. The zero-order chi connectivity index (χ0) is 91.4. The van der Waals surface area contributed by atoms with Crippen molar-refractivity contribution in [3.05, 3.63) is 29.8 Å². The number of phenols is 1. The van der Waals surface area contributed by atoms with Gasteiger partial charge in [0.15, 0.2) is 49.1 Å². The Kier molecular flexibility index (Phi) is 43.3. The lowest BCUT2D eigenvalue weighted by atomic mass is 9.96. The molecule has 2 saturated heterocycles. The number of aliphatic hydroxyl groups is 1. The number of nitrogens with one attached hydrogen (secondary N) is 9. The largest absolute Gasteiger partial charge is 0.508 e. The average Bonchev–Trinajstić information content (AvgIpc) is 0.765. The van der Waals surface area contributed by atoms with Gasteiger partial charge in [0.1, 0.15) is 85.6 Å². The Morgan fingerprint density at radius 2 is 0.909 bits per heavy atom. The van der Waals surface area contributed by atoms with E-state index in [0.717, 1.165) is 48.5 Å². The van der Waals surface area contributed by atoms with Crippen molar-refractivity contribution >= 4 is 119 Å². The summed E-state index contributed by atoms with van der Waals surface area (Å²) in [4.78, 5) is 260. The first-order valence-corrected chi connectivity index (χ1v) is 38.2. The Bertz CT molecular complexity index is 3850. The molecule has 0 bridgehead atoms. The summed E-state index contributed by atoms with van der Waals surface area (Å²) < 4.78 is 63.9. The molecule has 121 heavy (non-hydrogen) atoms. The number of amides is 12. The Hall–Kier alpha value is -12.0. The number of guanidine groups is 1. The molecule has 12 amide bonds. The summed E-state index contributed by atoms with van der Waals surface area (Å²) in [5, 5.41) is 41.4. The first-order valence-electron chi connectivity index (χ1n) is 38.2. The van der Waals surface area contributed by atoms with Crippen molar-refractivity contribution in [3.8, 4) is 5.75 Å². The number of nitrogens with two attached hydrogens (primary N) is 6. The highest BCUT2D eigenvalue weighted by Gasteiger charge is 2.58. The van der Waals surface area contributed by atoms with E-state index in [4.69, 9.17) is 86.5 Å². The molecule has 2 heterocycles. The smallest absolute Gasteiger partial charge is 0.303 e. The van der Waals surface area contributed by atoms with E-state index in [2.05, 4.69) is 52.8 Å². The van der Waals surface area contributed by atoms with Crippen LogP contribution in [0, 0.1) is 11.8 Å². The first-order chi connectivity index (χ1) is 56.7. The van der Waals surface area contributed by atoms with E-state index in [1.54, 1.807) is 13.8 Å². The molecule has 48 nitrogen and oxygen atoms in total. The number of phenolic OH excluding ortho intramolecular Hbond substituents is 1. The van der Waals surface area contributed by atoms with Gasteiger partial charge in [-0.1, -0.05) is 52.7 Å². The number of aliphatic hydroxyl groups excluding tert-OH is 1. The Morgan fingerprint density at radius 1 is 0.471 bits per heavy atom. The van der Waals surface area contributed by atoms with Gasteiger partial charge in [0.05, 0.1) is 32.2 Å². The maximum absolute atomic E-state index is 15.4. The molecule has 0 unspecified atom stereocenters. The SMILES string of the molecule is CC[C@H](C)[C@H](NC(=O)CNC(=O)[C@H](Cc1ccc(O)cc1)NC(=O)[C@H](C)N)C(=O)N[C@@H](CO[C@@H]1O[C@H](COC(C)=O)[C@H](O[C@H]2O[C@H](COC(C)=O)[C@H](OC(C)=O)[C@H](OC(C)=O)[C@H]2OC(C)=O)[C@H](OC(C)=O)[C@H]1OC(C)=O)C(=O)N[C@@H](CCC(N)=O)C(=O)N[C@H](C(=O)N[C@@H](CC(N)=O)C(=O)N[C@@H](CO)C(=O)N[C@@H](CCCN=C(N)N)C(N)=O)[C@@H](C)CC. The second-order valence-corrected chi connectivity index (χ2v) is 28.3. The second-order valence-electron chi connectivity index (χ2n) is 28.3. The van der Waals surface area contributed by atoms with Crippen molar-refractivity contribution < 1.29 is 153 Å². The Balaban J connectivity index is 2.32. The number of ether oxygens (including phenoxy) is 11. The summed E-state index contributed by atoms with van der Waals surface area (Å²) >= 11 is 0. The first kappa shape index (κ1) is 103. The van der Waals surface area contributed by atoms with Crippen LogP contribution in [-0.4, -0.2) is 284 Å². The monoisotopic (exact) mass is 1720 g/mol. The maximum atomic E-state index is 15.4. The van der Waals surface area contributed by atoms with Crippen LogP contribution in [0.5, 0.6) is 5.75 Å². The third-order valence-electron chi connectivity index (χ3n) is 18.2. The van der Waals surface area contributed by atoms with Crippen molar-refractivity contribution in [3.63, 3.8) is 0 Å². The van der Waals surface area contributed by atoms with Gasteiger partial charge in [-0.3, -0.25) is 96.1 Å². The van der Waals surface area contributed by atoms with Crippen LogP contribution in [0.15, 0.2) is 29.3 Å². The van der Waals surface area contributed by atoms with E-state index in [1.807, 2.05) is 0 Å². The number of nitrogens with zero attached hydrogens (tertiary/aromatic N) is 1. The van der Waals surface area contributed by atoms with Crippen molar-refractivity contribution in [2.24, 2.45) is 51.2 Å². The van der Waals surface area contributed by atoms with Crippen LogP contribution in [-0.2, 0) is 150 Å². The van der Waals surface area contributed by atoms with Gasteiger partial charge in [-0.05, 0) is 55.7 Å². The van der Waals surface area contributed by atoms with Crippen LogP contribution in [0.3, 0.4) is 0 Å². The molecule has 23 N–H and O–H groups in total. The van der Waals surface area contributed by atoms with Crippen molar-refractivity contribution in [1.82, 2.24) is 47.9 Å². The molecule has 0 aliphatic carbocycles. The molecule has 0 saturated carbocycles. The summed E-state index contributed by atoms with van der Waals surface area (Å²) in [5.41, 5.74) is 33.5. The van der Waals surface area contributed by atoms with Gasteiger partial charge in [0.2, 0.25) is 70.9 Å². The van der Waals surface area contributed by atoms with Crippen LogP contribution in [0.2, 0.25) is 0 Å². The summed E-state index contributed by atoms with van der Waals surface area (Å²) in [6.07, 6.45) is -22.6. The minimum Gasteiger partial charge on any atom is -0.508 e. The predicted octanol–water partition coefficient (Wildman–Crippen LogP) is -8.32. The van der Waals surface area contributed by atoms with Gasteiger partial charge < -0.3 is 145 Å². The summed E-state index contributed by atoms with van der Waals surface area (Å²) in [6.45, 7) is 8.69. The van der Waals surface area contributed by atoms with E-state index >= 15 is 9.59 Å². The van der Waals surface area contributed by atoms with Crippen molar-refractivity contribution in [1.29, 1.82) is 0 Å². The number of aliphatic imine (C=N–C) groups is 1. The molecule has 2 aliphatic rings. The van der Waals surface area contributed by atoms with Gasteiger partial charge in [0, 0.05) is 67.9 Å².